The maximum atomic E-state index is 14.9. The molecule has 1 aliphatic carbocycles. The van der Waals surface area contributed by atoms with E-state index >= 15 is 0 Å². The zero-order chi connectivity index (χ0) is 92.3. The number of carboxylic acids is 1. The van der Waals surface area contributed by atoms with E-state index in [2.05, 4.69) is 79.8 Å². The molecule has 0 spiro atoms. The van der Waals surface area contributed by atoms with Gasteiger partial charge in [0.2, 0.25) is 76.8 Å². The summed E-state index contributed by atoms with van der Waals surface area (Å²) in [6, 6.07) is 7.64. The smallest absolute Gasteiger partial charge is 0.322 e. The van der Waals surface area contributed by atoms with Gasteiger partial charge in [-0.3, -0.25) is 92.9 Å². The number of aliphatic hydroxyl groups excluding tert-OH is 1. The average molecular weight is 1760 g/mol. The molecule has 30 N–H and O–H groups in total. The summed E-state index contributed by atoms with van der Waals surface area (Å²) in [5.74, 6) is -15.5. The first-order valence-corrected chi connectivity index (χ1v) is 41.0. The molecule has 4 aliphatic rings. The molecule has 3 aromatic rings. The van der Waals surface area contributed by atoms with E-state index < -0.39 is 200 Å². The van der Waals surface area contributed by atoms with Crippen molar-refractivity contribution in [1.29, 1.82) is 16.2 Å². The van der Waals surface area contributed by atoms with Crippen LogP contribution < -0.4 is 108 Å². The van der Waals surface area contributed by atoms with Gasteiger partial charge in [0, 0.05) is 73.4 Å². The summed E-state index contributed by atoms with van der Waals surface area (Å²) in [5.41, 5.74) is 24.2. The summed E-state index contributed by atoms with van der Waals surface area (Å²) in [4.78, 5) is 222. The van der Waals surface area contributed by atoms with E-state index in [1.54, 1.807) is 30.3 Å². The number of nitrogens with zero attached hydrogens (tertiary/aromatic N) is 2. The van der Waals surface area contributed by atoms with Crippen LogP contribution in [0.15, 0.2) is 94.1 Å². The maximum Gasteiger partial charge on any atom is 0.322 e. The predicted octanol–water partition coefficient (Wildman–Crippen LogP) is -5.56. The minimum absolute atomic E-state index is 0.00567. The lowest BCUT2D eigenvalue weighted by atomic mass is 9.90. The van der Waals surface area contributed by atoms with Gasteiger partial charge in [0.25, 0.3) is 5.91 Å². The third-order valence-corrected chi connectivity index (χ3v) is 20.4. The fourth-order valence-electron chi connectivity index (χ4n) is 14.1. The van der Waals surface area contributed by atoms with Gasteiger partial charge >= 0.3 is 5.97 Å². The van der Waals surface area contributed by atoms with Gasteiger partial charge in [-0.2, -0.15) is 0 Å². The first-order valence-electron chi connectivity index (χ1n) is 41.0. The molecule has 682 valence electrons. The number of carbonyl (C=O) groups is 15. The van der Waals surface area contributed by atoms with Crippen LogP contribution in [0.2, 0.25) is 0 Å². The highest BCUT2D eigenvalue weighted by Crippen LogP contribution is 2.42. The van der Waals surface area contributed by atoms with Gasteiger partial charge in [0.15, 0.2) is 23.3 Å². The van der Waals surface area contributed by atoms with Gasteiger partial charge in [-0.1, -0.05) is 44.2 Å². The van der Waals surface area contributed by atoms with Gasteiger partial charge in [-0.05, 0) is 150 Å². The van der Waals surface area contributed by atoms with Gasteiger partial charge in [0.05, 0.1) is 32.8 Å². The first-order chi connectivity index (χ1) is 60.0. The van der Waals surface area contributed by atoms with Crippen LogP contribution in [-0.2, 0) is 73.5 Å². The van der Waals surface area contributed by atoms with Crippen molar-refractivity contribution >= 4 is 118 Å². The van der Waals surface area contributed by atoms with Gasteiger partial charge in [0.1, 0.15) is 83.8 Å². The predicted molar refractivity (Wildman–Crippen MR) is 455 cm³/mol. The summed E-state index contributed by atoms with van der Waals surface area (Å²) in [7, 11) is 0. The molecule has 45 nitrogen and oxygen atoms in total. The van der Waals surface area contributed by atoms with Crippen molar-refractivity contribution in [2.24, 2.45) is 28.9 Å². The highest BCUT2D eigenvalue weighted by Gasteiger charge is 2.43. The molecule has 3 aromatic carbocycles. The summed E-state index contributed by atoms with van der Waals surface area (Å²) in [6.45, 7) is -1.27. The van der Waals surface area contributed by atoms with Crippen molar-refractivity contribution in [3.05, 3.63) is 106 Å². The zero-order valence-corrected chi connectivity index (χ0v) is 69.7. The summed E-state index contributed by atoms with van der Waals surface area (Å²) in [5, 5.41) is 101. The molecule has 0 aromatic heterocycles. The van der Waals surface area contributed by atoms with Crippen LogP contribution in [0.25, 0.3) is 33.4 Å². The number of fused-ring (bicyclic) bond motifs is 2. The van der Waals surface area contributed by atoms with Gasteiger partial charge in [-0.25, -0.2) is 0 Å². The molecule has 0 radical (unpaired) electrons. The summed E-state index contributed by atoms with van der Waals surface area (Å²) in [6.07, 6.45) is 1.05. The van der Waals surface area contributed by atoms with Crippen LogP contribution >= 0.6 is 0 Å². The van der Waals surface area contributed by atoms with Crippen LogP contribution in [-0.4, -0.2) is 270 Å². The number of nitrogens with two attached hydrogens (primary N) is 4. The standard InChI is InChI=1S/C81H112N24O21/c1-43(2)68(103-65(113)40-95-70(117)56(34-44-20-22-45(107)23-21-44)97-64(112)39-93-62(110)37-92-63(111)38-94-69(116)49-13-4-3-12-48(49)67-50-26-24-46(108)35-60(50)126-61-36-47(109)25-27-51(61)67)76(123)102-57(42-106)73(120)99-53(15-7-29-89-79(83)84)71(118)98-52(14-5-6-28-82)72(119)100-54(16-8-30-90-80(85)86)77(124)105-33-11-19-59(105)75(122)101-55(17-9-31-91-81(87)88)78(125)104-32-10-18-58(104)74(121)96-41-66(114)115/h3-4,12-13,20-27,35-36,43,52-59,68,106-108H,5-11,14-19,28-34,37-42,82H2,1-2H3,(H,92,111)(H,93,110)(H,94,116)(H,95,117)(H,96,121)(H,97,112)(H,98,118)(H,99,120)(H,100,119)(H,101,122)(H,102,123)(H,103,113)(H,114,115)(H4,83,84,89)(H4,85,86,90)(H4,87,88,91)/t52-,53-,54-,55-,56-,57-,58-,59-,68-/m0/s1. The van der Waals surface area contributed by atoms with E-state index in [9.17, 15) is 97.1 Å². The van der Waals surface area contributed by atoms with Crippen molar-refractivity contribution < 1.29 is 96.8 Å². The highest BCUT2D eigenvalue weighted by atomic mass is 16.4. The minimum Gasteiger partial charge on any atom is -0.508 e. The lowest BCUT2D eigenvalue weighted by molar-refractivity contribution is -0.145. The minimum atomic E-state index is -1.84. The number of unbranched alkanes of at least 4 members (excludes halogenated alkanes) is 1. The molecule has 45 heteroatoms. The van der Waals surface area contributed by atoms with E-state index in [0.717, 1.165) is 0 Å². The molecular formula is C81H112N24O21. The Bertz CT molecular complexity index is 4800. The van der Waals surface area contributed by atoms with Gasteiger partial charge < -0.3 is 137 Å². The molecule has 3 heterocycles. The molecule has 7 rings (SSSR count). The third kappa shape index (κ3) is 30.6. The maximum absolute atomic E-state index is 14.9. The van der Waals surface area contributed by atoms with Crippen molar-refractivity contribution in [1.82, 2.24) is 89.6 Å². The Morgan fingerprint density at radius 3 is 1.55 bits per heavy atom. The molecular weight excluding hydrogens is 1650 g/mol. The topological polar surface area (TPSA) is 730 Å². The van der Waals surface area contributed by atoms with E-state index in [-0.39, 0.29) is 156 Å². The lowest BCUT2D eigenvalue weighted by Gasteiger charge is -2.32. The normalized spacial score (nSPS) is 15.1. The first kappa shape index (κ1) is 98.8. The van der Waals surface area contributed by atoms with Crippen LogP contribution in [0.3, 0.4) is 0 Å². The SMILES string of the molecule is CC(C)[C@H](NC(=O)CNC(=O)[C@H](Cc1ccc(O)cc1)NC(=O)CNC(=O)CNC(=O)CNC(=O)c1ccccc1-c1c2ccc(=O)cc-2oc2cc(O)ccc12)C(=O)N[C@@H](CO)C(=O)N[C@@H](CCCNC(=N)N)C(=O)N[C@@H](CCCCN)C(=O)N[C@@H](CCCNC(=N)N)C(=O)N1CCC[C@H]1C(=O)N[C@@H](CCCNC(=N)N)C(=O)N1CCC[C@H]1C(=O)NCC(=O)O. The molecule has 14 amide bonds. The third-order valence-electron chi connectivity index (χ3n) is 20.4. The number of carboxylic acid groups (broad SMARTS) is 1. The number of phenols is 2. The highest BCUT2D eigenvalue weighted by molar-refractivity contribution is 6.10. The molecule has 9 atom stereocenters. The van der Waals surface area contributed by atoms with E-state index in [1.165, 1.54) is 78.2 Å². The number of benzene rings is 4. The number of phenolic OH excluding ortho intramolecular Hbond substituents is 2. The van der Waals surface area contributed by atoms with Crippen molar-refractivity contribution in [3.8, 4) is 33.9 Å². The number of nitrogens with one attached hydrogen (secondary N) is 18. The van der Waals surface area contributed by atoms with Crippen molar-refractivity contribution in [3.63, 3.8) is 0 Å². The molecule has 126 heavy (non-hydrogen) atoms. The lowest BCUT2D eigenvalue weighted by Crippen LogP contribution is -2.61. The number of guanidine groups is 3. The van der Waals surface area contributed by atoms with Gasteiger partial charge in [-0.15, -0.1) is 0 Å². The van der Waals surface area contributed by atoms with Crippen LogP contribution in [0.4, 0.5) is 0 Å². The molecule has 0 unspecified atom stereocenters. The Balaban J connectivity index is 0.961. The number of carbonyl (C=O) groups excluding carboxylic acids is 14. The molecule has 0 bridgehead atoms. The molecule has 0 saturated carbocycles. The fourth-order valence-corrected chi connectivity index (χ4v) is 14.1. The van der Waals surface area contributed by atoms with Crippen molar-refractivity contribution in [2.75, 3.05) is 78.6 Å². The number of likely N-dealkylation sites (tertiary alicyclic amines) is 2. The molecule has 2 saturated heterocycles. The number of aliphatic carboxylic acids is 1. The van der Waals surface area contributed by atoms with Crippen LogP contribution in [0.1, 0.15) is 113 Å². The fraction of sp³-hybridized carbons (Fsp3) is 0.469. The Labute approximate surface area is 722 Å². The Hall–Kier alpha value is -14.3. The Morgan fingerprint density at radius 2 is 0.984 bits per heavy atom. The number of amides is 14. The van der Waals surface area contributed by atoms with Crippen LogP contribution in [0.5, 0.6) is 11.5 Å². The van der Waals surface area contributed by atoms with E-state index in [1.807, 2.05) is 0 Å². The van der Waals surface area contributed by atoms with Crippen molar-refractivity contribution in [2.45, 2.75) is 158 Å². The second-order valence-corrected chi connectivity index (χ2v) is 30.3. The number of hydrogen-bond acceptors (Lipinski definition) is 24. The van der Waals surface area contributed by atoms with E-state index in [4.69, 9.17) is 43.6 Å². The number of hydrogen-bond donors (Lipinski definition) is 26. The second-order valence-electron chi connectivity index (χ2n) is 30.3. The quantitative estimate of drug-likeness (QED) is 0.00747. The number of rotatable bonds is 48. The van der Waals surface area contributed by atoms with Crippen LogP contribution in [0, 0.1) is 22.1 Å². The largest absolute Gasteiger partial charge is 0.508 e. The number of aliphatic hydroxyl groups is 1. The monoisotopic (exact) mass is 1760 g/mol. The van der Waals surface area contributed by atoms with E-state index in [0.29, 0.717) is 40.5 Å². The Morgan fingerprint density at radius 1 is 0.484 bits per heavy atom. The Kier molecular flexibility index (Phi) is 38.5. The molecule has 2 fully saturated rings. The average Bonchev–Trinajstić information content (AvgIpc) is 1.43. The second kappa shape index (κ2) is 49.1. The zero-order valence-electron chi connectivity index (χ0n) is 69.7. The molecule has 3 aliphatic heterocycles. The summed E-state index contributed by atoms with van der Waals surface area (Å²) >= 11 is 0. The summed E-state index contributed by atoms with van der Waals surface area (Å²) < 4.78 is 5.94. The number of aromatic hydroxyl groups is 2.